The molecule has 6 nitrogen and oxygen atoms in total. The fraction of sp³-hybridized carbons (Fsp3) is 0.381. The van der Waals surface area contributed by atoms with Crippen molar-refractivity contribution in [3.05, 3.63) is 48.0 Å². The third-order valence-electron chi connectivity index (χ3n) is 4.84. The summed E-state index contributed by atoms with van der Waals surface area (Å²) in [5, 5.41) is 6.73. The Balaban J connectivity index is 1.57. The Kier molecular flexibility index (Phi) is 6.06. The van der Waals surface area contributed by atoms with E-state index >= 15 is 0 Å². The number of imide groups is 1. The molecular weight excluding hydrogens is 344 g/mol. The van der Waals surface area contributed by atoms with E-state index < -0.39 is 24.0 Å². The molecule has 1 saturated carbocycles. The van der Waals surface area contributed by atoms with Crippen LogP contribution < -0.4 is 10.6 Å². The van der Waals surface area contributed by atoms with Gasteiger partial charge < -0.3 is 10.1 Å². The van der Waals surface area contributed by atoms with E-state index in [2.05, 4.69) is 10.6 Å². The molecule has 0 aliphatic heterocycles. The van der Waals surface area contributed by atoms with E-state index in [4.69, 9.17) is 4.74 Å². The van der Waals surface area contributed by atoms with Crippen molar-refractivity contribution in [1.82, 2.24) is 10.6 Å². The quantitative estimate of drug-likeness (QED) is 0.809. The zero-order valence-corrected chi connectivity index (χ0v) is 15.4. The van der Waals surface area contributed by atoms with Crippen LogP contribution in [-0.2, 0) is 9.53 Å². The van der Waals surface area contributed by atoms with Crippen molar-refractivity contribution in [3.8, 4) is 0 Å². The second-order valence-electron chi connectivity index (χ2n) is 6.87. The number of amides is 3. The van der Waals surface area contributed by atoms with Crippen LogP contribution in [0.25, 0.3) is 10.8 Å². The van der Waals surface area contributed by atoms with Crippen LogP contribution in [-0.4, -0.2) is 30.1 Å². The van der Waals surface area contributed by atoms with E-state index in [1.807, 2.05) is 30.3 Å². The second kappa shape index (κ2) is 8.66. The smallest absolute Gasteiger partial charge is 0.339 e. The van der Waals surface area contributed by atoms with Crippen LogP contribution in [0.4, 0.5) is 4.79 Å². The molecule has 0 heterocycles. The number of carbonyl (C=O) groups is 3. The lowest BCUT2D eigenvalue weighted by molar-refractivity contribution is -0.127. The topological polar surface area (TPSA) is 84.5 Å². The van der Waals surface area contributed by atoms with Gasteiger partial charge in [0.1, 0.15) is 0 Å². The summed E-state index contributed by atoms with van der Waals surface area (Å²) in [5.41, 5.74) is 0.388. The molecule has 3 amide bonds. The zero-order chi connectivity index (χ0) is 19.2. The summed E-state index contributed by atoms with van der Waals surface area (Å²) in [6.45, 7) is 1.45. The molecule has 1 fully saturated rings. The highest BCUT2D eigenvalue weighted by Gasteiger charge is 2.23. The molecule has 1 atom stereocenters. The number of hydrogen-bond acceptors (Lipinski definition) is 4. The molecule has 0 radical (unpaired) electrons. The molecule has 2 N–H and O–H groups in total. The van der Waals surface area contributed by atoms with Gasteiger partial charge in [0.25, 0.3) is 5.91 Å². The molecule has 142 valence electrons. The summed E-state index contributed by atoms with van der Waals surface area (Å²) in [5.74, 6) is -1.24. The van der Waals surface area contributed by atoms with Crippen LogP contribution in [0.15, 0.2) is 42.5 Å². The predicted octanol–water partition coefficient (Wildman–Crippen LogP) is 3.54. The number of ether oxygens (including phenoxy) is 1. The number of carbonyl (C=O) groups excluding carboxylic acids is 3. The first-order valence-electron chi connectivity index (χ1n) is 9.34. The average molecular weight is 368 g/mol. The van der Waals surface area contributed by atoms with Crippen LogP contribution in [0, 0.1) is 0 Å². The van der Waals surface area contributed by atoms with Crippen LogP contribution in [0.5, 0.6) is 0 Å². The summed E-state index contributed by atoms with van der Waals surface area (Å²) in [4.78, 5) is 36.6. The molecule has 0 unspecified atom stereocenters. The second-order valence-corrected chi connectivity index (χ2v) is 6.87. The lowest BCUT2D eigenvalue weighted by atomic mass is 9.96. The highest BCUT2D eigenvalue weighted by atomic mass is 16.5. The van der Waals surface area contributed by atoms with Gasteiger partial charge in [0, 0.05) is 6.04 Å². The minimum atomic E-state index is -1.08. The Morgan fingerprint density at radius 2 is 1.70 bits per heavy atom. The number of fused-ring (bicyclic) bond motifs is 1. The molecule has 0 spiro atoms. The van der Waals surface area contributed by atoms with Gasteiger partial charge >= 0.3 is 12.0 Å². The fourth-order valence-corrected chi connectivity index (χ4v) is 3.36. The third-order valence-corrected chi connectivity index (χ3v) is 4.84. The van der Waals surface area contributed by atoms with E-state index in [-0.39, 0.29) is 6.04 Å². The summed E-state index contributed by atoms with van der Waals surface area (Å²) in [6, 6.07) is 12.3. The number of rotatable bonds is 4. The number of hydrogen-bond donors (Lipinski definition) is 2. The highest BCUT2D eigenvalue weighted by molar-refractivity contribution is 6.05. The molecule has 27 heavy (non-hydrogen) atoms. The lowest BCUT2D eigenvalue weighted by Gasteiger charge is -2.23. The van der Waals surface area contributed by atoms with Crippen molar-refractivity contribution in [2.75, 3.05) is 0 Å². The first-order valence-corrected chi connectivity index (χ1v) is 9.34. The average Bonchev–Trinajstić information content (AvgIpc) is 2.68. The van der Waals surface area contributed by atoms with E-state index in [9.17, 15) is 14.4 Å². The number of benzene rings is 2. The Labute approximate surface area is 158 Å². The van der Waals surface area contributed by atoms with E-state index in [0.717, 1.165) is 36.5 Å². The molecule has 0 bridgehead atoms. The maximum absolute atomic E-state index is 12.5. The molecule has 2 aromatic carbocycles. The van der Waals surface area contributed by atoms with Gasteiger partial charge in [0.2, 0.25) is 0 Å². The Bertz CT molecular complexity index is 838. The Hall–Kier alpha value is -2.89. The van der Waals surface area contributed by atoms with Gasteiger partial charge in [-0.05, 0) is 36.6 Å². The van der Waals surface area contributed by atoms with E-state index in [1.54, 1.807) is 12.1 Å². The van der Waals surface area contributed by atoms with Crippen LogP contribution in [0.2, 0.25) is 0 Å². The molecule has 6 heteroatoms. The highest BCUT2D eigenvalue weighted by Crippen LogP contribution is 2.20. The third kappa shape index (κ3) is 4.84. The van der Waals surface area contributed by atoms with Crippen molar-refractivity contribution in [1.29, 1.82) is 0 Å². The first-order chi connectivity index (χ1) is 13.0. The summed E-state index contributed by atoms with van der Waals surface area (Å²) in [7, 11) is 0. The van der Waals surface area contributed by atoms with Crippen molar-refractivity contribution in [2.24, 2.45) is 0 Å². The largest absolute Gasteiger partial charge is 0.449 e. The first kappa shape index (κ1) is 18.9. The molecule has 0 aromatic heterocycles. The van der Waals surface area contributed by atoms with Crippen molar-refractivity contribution >= 4 is 28.7 Å². The summed E-state index contributed by atoms with van der Waals surface area (Å²) in [6.07, 6.45) is 4.12. The number of nitrogens with one attached hydrogen (secondary N) is 2. The molecule has 1 aliphatic rings. The minimum Gasteiger partial charge on any atom is -0.449 e. The molecular formula is C21H24N2O4. The Morgan fingerprint density at radius 3 is 2.48 bits per heavy atom. The summed E-state index contributed by atoms with van der Waals surface area (Å²) < 4.78 is 5.27. The van der Waals surface area contributed by atoms with Crippen molar-refractivity contribution < 1.29 is 19.1 Å². The van der Waals surface area contributed by atoms with Gasteiger partial charge in [-0.1, -0.05) is 55.7 Å². The van der Waals surface area contributed by atoms with E-state index in [0.29, 0.717) is 5.56 Å². The SMILES string of the molecule is C[C@@H](OC(=O)c1cccc2ccccc12)C(=O)NC(=O)NC1CCCCC1. The monoisotopic (exact) mass is 368 g/mol. The van der Waals surface area contributed by atoms with Crippen LogP contribution >= 0.6 is 0 Å². The Morgan fingerprint density at radius 1 is 1.00 bits per heavy atom. The predicted molar refractivity (Wildman–Crippen MR) is 102 cm³/mol. The zero-order valence-electron chi connectivity index (χ0n) is 15.4. The standard InChI is InChI=1S/C21H24N2O4/c1-14(19(24)23-21(26)22-16-10-3-2-4-11-16)27-20(25)18-13-7-9-15-8-5-6-12-17(15)18/h5-9,12-14,16H,2-4,10-11H2,1H3,(H2,22,23,24,26)/t14-/m1/s1. The van der Waals surface area contributed by atoms with Crippen molar-refractivity contribution in [2.45, 2.75) is 51.2 Å². The van der Waals surface area contributed by atoms with Gasteiger partial charge in [-0.25, -0.2) is 9.59 Å². The van der Waals surface area contributed by atoms with Gasteiger partial charge in [-0.3, -0.25) is 10.1 Å². The van der Waals surface area contributed by atoms with Gasteiger partial charge in [0.05, 0.1) is 5.56 Å². The fourth-order valence-electron chi connectivity index (χ4n) is 3.36. The normalized spacial score (nSPS) is 15.7. The maximum Gasteiger partial charge on any atom is 0.339 e. The summed E-state index contributed by atoms with van der Waals surface area (Å²) >= 11 is 0. The maximum atomic E-state index is 12.5. The minimum absolute atomic E-state index is 0.0973. The molecule has 1 aliphatic carbocycles. The molecule has 2 aromatic rings. The van der Waals surface area contributed by atoms with E-state index in [1.165, 1.54) is 13.3 Å². The van der Waals surface area contributed by atoms with Gasteiger partial charge in [-0.15, -0.1) is 0 Å². The van der Waals surface area contributed by atoms with Crippen LogP contribution in [0.1, 0.15) is 49.4 Å². The lowest BCUT2D eigenvalue weighted by Crippen LogP contribution is -2.48. The molecule has 3 rings (SSSR count). The van der Waals surface area contributed by atoms with Gasteiger partial charge in [0.15, 0.2) is 6.10 Å². The van der Waals surface area contributed by atoms with Crippen molar-refractivity contribution in [3.63, 3.8) is 0 Å². The number of esters is 1. The van der Waals surface area contributed by atoms with Crippen LogP contribution in [0.3, 0.4) is 0 Å². The number of urea groups is 1. The van der Waals surface area contributed by atoms with Gasteiger partial charge in [-0.2, -0.15) is 0 Å². The molecule has 0 saturated heterocycles.